The number of carbonyl (C=O) groups excluding carboxylic acids is 3. The zero-order valence-electron chi connectivity index (χ0n) is 16.1. The van der Waals surface area contributed by atoms with E-state index in [0.717, 1.165) is 5.56 Å². The third-order valence-electron chi connectivity index (χ3n) is 4.20. The predicted octanol–water partition coefficient (Wildman–Crippen LogP) is 3.64. The number of halogens is 1. The molecule has 2 aromatic carbocycles. The van der Waals surface area contributed by atoms with Crippen LogP contribution < -0.4 is 10.6 Å². The molecule has 2 amide bonds. The van der Waals surface area contributed by atoms with Crippen molar-refractivity contribution >= 4 is 34.8 Å². The van der Waals surface area contributed by atoms with Crippen LogP contribution in [-0.2, 0) is 20.7 Å². The van der Waals surface area contributed by atoms with Crippen LogP contribution in [0.15, 0.2) is 60.7 Å². The number of rotatable bonds is 7. The Kier molecular flexibility index (Phi) is 6.92. The lowest BCUT2D eigenvalue weighted by Crippen LogP contribution is -2.31. The van der Waals surface area contributed by atoms with Crippen molar-refractivity contribution in [2.75, 3.05) is 19.0 Å². The van der Waals surface area contributed by atoms with Crippen LogP contribution in [0.4, 0.5) is 10.1 Å². The number of hydrogen-bond acceptors (Lipinski definition) is 5. The molecule has 0 atom stereocenters. The van der Waals surface area contributed by atoms with E-state index in [-0.39, 0.29) is 30.6 Å². The van der Waals surface area contributed by atoms with Crippen LogP contribution in [0, 0.1) is 5.82 Å². The van der Waals surface area contributed by atoms with Crippen molar-refractivity contribution in [2.24, 2.45) is 0 Å². The number of thiophene rings is 1. The summed E-state index contributed by atoms with van der Waals surface area (Å²) in [5.41, 5.74) is 1.75. The van der Waals surface area contributed by atoms with Crippen LogP contribution in [0.5, 0.6) is 0 Å². The average Bonchev–Trinajstić information content (AvgIpc) is 3.24. The van der Waals surface area contributed by atoms with Crippen molar-refractivity contribution in [1.82, 2.24) is 5.32 Å². The summed E-state index contributed by atoms with van der Waals surface area (Å²) in [6, 6.07) is 16.6. The molecule has 0 unspecified atom stereocenters. The van der Waals surface area contributed by atoms with Crippen molar-refractivity contribution in [3.05, 3.63) is 76.9 Å². The maximum atomic E-state index is 13.9. The lowest BCUT2D eigenvalue weighted by atomic mass is 10.1. The Morgan fingerprint density at radius 3 is 2.43 bits per heavy atom. The van der Waals surface area contributed by atoms with Crippen LogP contribution in [-0.4, -0.2) is 31.4 Å². The van der Waals surface area contributed by atoms with E-state index in [2.05, 4.69) is 15.4 Å². The molecule has 1 aromatic heterocycles. The maximum absolute atomic E-state index is 13.9. The average molecular weight is 426 g/mol. The van der Waals surface area contributed by atoms with Crippen LogP contribution in [0.3, 0.4) is 0 Å². The van der Waals surface area contributed by atoms with E-state index in [1.54, 1.807) is 54.6 Å². The van der Waals surface area contributed by atoms with E-state index in [4.69, 9.17) is 0 Å². The fraction of sp³-hybridized carbons (Fsp3) is 0.136. The number of esters is 1. The van der Waals surface area contributed by atoms with E-state index in [0.29, 0.717) is 21.0 Å². The highest BCUT2D eigenvalue weighted by Gasteiger charge is 2.13. The Hall–Kier alpha value is -3.52. The fourth-order valence-corrected chi connectivity index (χ4v) is 3.58. The summed E-state index contributed by atoms with van der Waals surface area (Å²) in [4.78, 5) is 36.5. The summed E-state index contributed by atoms with van der Waals surface area (Å²) in [5, 5.41) is 5.24. The number of nitrogens with one attached hydrogen (secondary N) is 2. The minimum Gasteiger partial charge on any atom is -0.468 e. The van der Waals surface area contributed by atoms with E-state index >= 15 is 0 Å². The van der Waals surface area contributed by atoms with Gasteiger partial charge in [0.1, 0.15) is 12.4 Å². The molecule has 0 saturated carbocycles. The molecule has 6 nitrogen and oxygen atoms in total. The molecular formula is C22H19FN2O4S. The summed E-state index contributed by atoms with van der Waals surface area (Å²) in [7, 11) is 1.25. The van der Waals surface area contributed by atoms with Gasteiger partial charge in [-0.3, -0.25) is 14.4 Å². The van der Waals surface area contributed by atoms with Gasteiger partial charge in [0.2, 0.25) is 5.91 Å². The molecule has 0 aliphatic carbocycles. The predicted molar refractivity (Wildman–Crippen MR) is 113 cm³/mol. The number of methoxy groups -OCH3 is 1. The Morgan fingerprint density at radius 2 is 1.73 bits per heavy atom. The highest BCUT2D eigenvalue weighted by molar-refractivity contribution is 7.17. The van der Waals surface area contributed by atoms with E-state index in [9.17, 15) is 18.8 Å². The Labute approximate surface area is 176 Å². The molecule has 3 rings (SSSR count). The zero-order chi connectivity index (χ0) is 21.5. The summed E-state index contributed by atoms with van der Waals surface area (Å²) in [5.74, 6) is -1.46. The van der Waals surface area contributed by atoms with Crippen LogP contribution in [0.25, 0.3) is 10.4 Å². The second-order valence-corrected chi connectivity index (χ2v) is 7.41. The van der Waals surface area contributed by atoms with Gasteiger partial charge in [-0.05, 0) is 35.9 Å². The first-order valence-electron chi connectivity index (χ1n) is 9.05. The zero-order valence-corrected chi connectivity index (χ0v) is 16.9. The Balaban J connectivity index is 1.58. The Morgan fingerprint density at radius 1 is 1.00 bits per heavy atom. The quantitative estimate of drug-likeness (QED) is 0.565. The number of hydrogen-bond donors (Lipinski definition) is 2. The number of anilines is 1. The van der Waals surface area contributed by atoms with Crippen molar-refractivity contribution in [2.45, 2.75) is 6.42 Å². The lowest BCUT2D eigenvalue weighted by molar-refractivity contribution is -0.141. The van der Waals surface area contributed by atoms with Crippen LogP contribution in [0.1, 0.15) is 15.2 Å². The normalized spacial score (nSPS) is 10.3. The molecule has 0 saturated heterocycles. The van der Waals surface area contributed by atoms with Gasteiger partial charge >= 0.3 is 5.97 Å². The second kappa shape index (κ2) is 9.80. The fourth-order valence-electron chi connectivity index (χ4n) is 2.66. The molecule has 0 fully saturated rings. The van der Waals surface area contributed by atoms with Gasteiger partial charge in [0.05, 0.1) is 18.4 Å². The van der Waals surface area contributed by atoms with Crippen molar-refractivity contribution in [3.8, 4) is 10.4 Å². The number of benzene rings is 2. The topological polar surface area (TPSA) is 84.5 Å². The molecule has 3 aromatic rings. The molecule has 0 aliphatic heterocycles. The molecule has 8 heteroatoms. The van der Waals surface area contributed by atoms with E-state index < -0.39 is 5.97 Å². The molecule has 30 heavy (non-hydrogen) atoms. The van der Waals surface area contributed by atoms with Gasteiger partial charge in [0, 0.05) is 16.1 Å². The first-order valence-corrected chi connectivity index (χ1v) is 9.86. The standard InChI is InChI=1S/C22H19FN2O4S/c1-29-21(27)13-24-20(26)12-14-6-8-15(9-7-14)25-22(28)19-11-10-18(30-19)16-4-2-3-5-17(16)23/h2-11H,12-13H2,1H3,(H,24,26)(H,25,28). The highest BCUT2D eigenvalue weighted by atomic mass is 32.1. The molecule has 154 valence electrons. The Bertz CT molecular complexity index is 1060. The summed E-state index contributed by atoms with van der Waals surface area (Å²) < 4.78 is 18.4. The molecule has 0 bridgehead atoms. The number of ether oxygens (including phenoxy) is 1. The SMILES string of the molecule is COC(=O)CNC(=O)Cc1ccc(NC(=O)c2ccc(-c3ccccc3F)s2)cc1. The molecular weight excluding hydrogens is 407 g/mol. The third kappa shape index (κ3) is 5.51. The van der Waals surface area contributed by atoms with Gasteiger partial charge in [0.25, 0.3) is 5.91 Å². The second-order valence-electron chi connectivity index (χ2n) is 6.32. The summed E-state index contributed by atoms with van der Waals surface area (Å²) >= 11 is 1.21. The van der Waals surface area contributed by atoms with Crippen molar-refractivity contribution in [1.29, 1.82) is 0 Å². The smallest absolute Gasteiger partial charge is 0.325 e. The van der Waals surface area contributed by atoms with Gasteiger partial charge in [-0.15, -0.1) is 11.3 Å². The van der Waals surface area contributed by atoms with Crippen LogP contribution in [0.2, 0.25) is 0 Å². The van der Waals surface area contributed by atoms with Gasteiger partial charge in [-0.2, -0.15) is 0 Å². The van der Waals surface area contributed by atoms with Gasteiger partial charge in [-0.25, -0.2) is 4.39 Å². The molecule has 1 heterocycles. The molecule has 0 radical (unpaired) electrons. The van der Waals surface area contributed by atoms with Crippen molar-refractivity contribution in [3.63, 3.8) is 0 Å². The molecule has 0 aliphatic rings. The third-order valence-corrected chi connectivity index (χ3v) is 5.32. The monoisotopic (exact) mass is 426 g/mol. The number of amides is 2. The molecule has 2 N–H and O–H groups in total. The number of carbonyl (C=O) groups is 3. The van der Waals surface area contributed by atoms with Crippen LogP contribution >= 0.6 is 11.3 Å². The molecule has 0 spiro atoms. The first-order chi connectivity index (χ1) is 14.5. The van der Waals surface area contributed by atoms with E-state index in [1.807, 2.05) is 0 Å². The summed E-state index contributed by atoms with van der Waals surface area (Å²) in [6.45, 7) is -0.181. The highest BCUT2D eigenvalue weighted by Crippen LogP contribution is 2.30. The van der Waals surface area contributed by atoms with Gasteiger partial charge in [-0.1, -0.05) is 30.3 Å². The largest absolute Gasteiger partial charge is 0.468 e. The maximum Gasteiger partial charge on any atom is 0.325 e. The van der Waals surface area contributed by atoms with E-state index in [1.165, 1.54) is 24.5 Å². The first kappa shape index (κ1) is 21.2. The van der Waals surface area contributed by atoms with Gasteiger partial charge < -0.3 is 15.4 Å². The van der Waals surface area contributed by atoms with Gasteiger partial charge in [0.15, 0.2) is 0 Å². The van der Waals surface area contributed by atoms with Crippen molar-refractivity contribution < 1.29 is 23.5 Å². The minimum absolute atomic E-state index is 0.0994. The minimum atomic E-state index is -0.520. The lowest BCUT2D eigenvalue weighted by Gasteiger charge is -2.06. The summed E-state index contributed by atoms with van der Waals surface area (Å²) in [6.07, 6.45) is 0.0994.